The van der Waals surface area contributed by atoms with Crippen molar-refractivity contribution in [1.29, 1.82) is 0 Å². The lowest BCUT2D eigenvalue weighted by atomic mass is 10.2. The molecule has 0 fully saturated rings. The van der Waals surface area contributed by atoms with Crippen LogP contribution < -0.4 is 10.1 Å². The highest BCUT2D eigenvalue weighted by Crippen LogP contribution is 2.34. The Kier molecular flexibility index (Phi) is 8.18. The molecule has 0 saturated carbocycles. The van der Waals surface area contributed by atoms with Gasteiger partial charge in [0.05, 0.1) is 21.3 Å². The van der Waals surface area contributed by atoms with Gasteiger partial charge in [-0.15, -0.1) is 0 Å². The third-order valence-electron chi connectivity index (χ3n) is 2.57. The van der Waals surface area contributed by atoms with E-state index in [-0.39, 0.29) is 12.4 Å². The molecule has 0 aromatic heterocycles. The van der Waals surface area contributed by atoms with Crippen LogP contribution in [0.4, 0.5) is 0 Å². The van der Waals surface area contributed by atoms with E-state index >= 15 is 0 Å². The third-order valence-corrected chi connectivity index (χ3v) is 4.66. The highest BCUT2D eigenvalue weighted by Gasteiger charge is 2.10. The Morgan fingerprint density at radius 1 is 1.19 bits per heavy atom. The topological polar surface area (TPSA) is 64.6 Å². The van der Waals surface area contributed by atoms with Gasteiger partial charge in [-0.2, -0.15) is 0 Å². The largest absolute Gasteiger partial charge is 0.490 e. The van der Waals surface area contributed by atoms with Gasteiger partial charge in [-0.1, -0.05) is 0 Å². The quantitative estimate of drug-likeness (QED) is 0.592. The molecule has 0 aliphatic heterocycles. The molecule has 0 unspecified atom stereocenters. The van der Waals surface area contributed by atoms with Crippen molar-refractivity contribution in [2.45, 2.75) is 6.54 Å². The van der Waals surface area contributed by atoms with E-state index in [1.54, 1.807) is 7.11 Å². The van der Waals surface area contributed by atoms with Crippen LogP contribution in [0.1, 0.15) is 5.56 Å². The number of methoxy groups -OCH3 is 1. The predicted octanol–water partition coefficient (Wildman–Crippen LogP) is 2.37. The smallest absolute Gasteiger partial charge is 0.150 e. The molecule has 21 heavy (non-hydrogen) atoms. The van der Waals surface area contributed by atoms with Gasteiger partial charge < -0.3 is 14.8 Å². The fourth-order valence-electron chi connectivity index (χ4n) is 1.55. The summed E-state index contributed by atoms with van der Waals surface area (Å²) in [6.45, 7) is 2.28. The molecule has 0 aliphatic rings. The summed E-state index contributed by atoms with van der Waals surface area (Å²) >= 11 is 6.89. The van der Waals surface area contributed by atoms with Gasteiger partial charge in [0.1, 0.15) is 12.4 Å². The first-order valence-corrected chi connectivity index (χ1v) is 9.96. The summed E-state index contributed by atoms with van der Waals surface area (Å²) in [5, 5.41) is 3.25. The zero-order valence-corrected chi connectivity index (χ0v) is 16.0. The Bertz CT molecular complexity index is 540. The van der Waals surface area contributed by atoms with Crippen LogP contribution in [-0.4, -0.2) is 47.3 Å². The molecule has 0 radical (unpaired) electrons. The van der Waals surface area contributed by atoms with E-state index in [4.69, 9.17) is 9.47 Å². The van der Waals surface area contributed by atoms with Crippen LogP contribution in [0.5, 0.6) is 5.75 Å². The lowest BCUT2D eigenvalue weighted by Crippen LogP contribution is -2.18. The number of halogens is 2. The molecule has 0 saturated heterocycles. The summed E-state index contributed by atoms with van der Waals surface area (Å²) < 4.78 is 34.3. The maximum Gasteiger partial charge on any atom is 0.150 e. The average Bonchev–Trinajstić information content (AvgIpc) is 2.37. The van der Waals surface area contributed by atoms with Gasteiger partial charge in [-0.3, -0.25) is 0 Å². The van der Waals surface area contributed by atoms with Crippen molar-refractivity contribution in [3.8, 4) is 5.75 Å². The molecule has 0 aliphatic carbocycles. The van der Waals surface area contributed by atoms with E-state index in [1.807, 2.05) is 12.1 Å². The van der Waals surface area contributed by atoms with Crippen molar-refractivity contribution in [1.82, 2.24) is 5.32 Å². The number of nitrogens with one attached hydrogen (secondary N) is 1. The highest BCUT2D eigenvalue weighted by atomic mass is 79.9. The number of benzene rings is 1. The molecule has 0 amide bonds. The number of hydrogen-bond acceptors (Lipinski definition) is 5. The maximum atomic E-state index is 11.1. The summed E-state index contributed by atoms with van der Waals surface area (Å²) in [4.78, 5) is 0. The second-order valence-electron chi connectivity index (χ2n) is 4.54. The van der Waals surface area contributed by atoms with Crippen LogP contribution in [0.3, 0.4) is 0 Å². The molecule has 5 nitrogen and oxygen atoms in total. The van der Waals surface area contributed by atoms with Gasteiger partial charge in [-0.25, -0.2) is 8.42 Å². The van der Waals surface area contributed by atoms with Gasteiger partial charge in [-0.05, 0) is 49.6 Å². The van der Waals surface area contributed by atoms with E-state index in [1.165, 1.54) is 6.26 Å². The van der Waals surface area contributed by atoms with Gasteiger partial charge >= 0.3 is 0 Å². The zero-order chi connectivity index (χ0) is 15.9. The molecule has 0 heterocycles. The second-order valence-corrected chi connectivity index (χ2v) is 8.50. The van der Waals surface area contributed by atoms with Gasteiger partial charge in [0, 0.05) is 26.5 Å². The van der Waals surface area contributed by atoms with Crippen molar-refractivity contribution >= 4 is 41.7 Å². The predicted molar refractivity (Wildman–Crippen MR) is 90.6 cm³/mol. The standard InChI is InChI=1S/C13H19Br2NO4S/c1-19-4-3-16-9-10-7-11(14)13(12(15)8-10)20-5-6-21(2,17)18/h7-8,16H,3-6,9H2,1-2H3. The summed E-state index contributed by atoms with van der Waals surface area (Å²) in [6.07, 6.45) is 1.19. The number of sulfone groups is 1. The van der Waals surface area contributed by atoms with Crippen LogP contribution >= 0.6 is 31.9 Å². The lowest BCUT2D eigenvalue weighted by Gasteiger charge is -2.12. The summed E-state index contributed by atoms with van der Waals surface area (Å²) in [5.41, 5.74) is 1.08. The molecule has 8 heteroatoms. The summed E-state index contributed by atoms with van der Waals surface area (Å²) in [6, 6.07) is 3.89. The monoisotopic (exact) mass is 443 g/mol. The van der Waals surface area contributed by atoms with Crippen LogP contribution in [0, 0.1) is 0 Å². The van der Waals surface area contributed by atoms with Gasteiger partial charge in [0.15, 0.2) is 9.84 Å². The van der Waals surface area contributed by atoms with Crippen molar-refractivity contribution in [2.75, 3.05) is 38.9 Å². The van der Waals surface area contributed by atoms with Crippen LogP contribution in [0.15, 0.2) is 21.1 Å². The highest BCUT2D eigenvalue weighted by molar-refractivity contribution is 9.11. The summed E-state index contributed by atoms with van der Waals surface area (Å²) in [7, 11) is -1.36. The minimum atomic E-state index is -3.02. The van der Waals surface area contributed by atoms with Crippen molar-refractivity contribution in [3.05, 3.63) is 26.6 Å². The fraction of sp³-hybridized carbons (Fsp3) is 0.538. The first-order valence-electron chi connectivity index (χ1n) is 6.31. The molecule has 0 spiro atoms. The Hall–Kier alpha value is -0.150. The minimum absolute atomic E-state index is 0.00773. The first-order chi connectivity index (χ1) is 9.83. The van der Waals surface area contributed by atoms with E-state index < -0.39 is 9.84 Å². The zero-order valence-electron chi connectivity index (χ0n) is 12.0. The van der Waals surface area contributed by atoms with Crippen molar-refractivity contribution in [3.63, 3.8) is 0 Å². The molecule has 1 N–H and O–H groups in total. The SMILES string of the molecule is COCCNCc1cc(Br)c(OCCS(C)(=O)=O)c(Br)c1. The Morgan fingerprint density at radius 3 is 2.33 bits per heavy atom. The van der Waals surface area contributed by atoms with Gasteiger partial charge in [0.2, 0.25) is 0 Å². The van der Waals surface area contributed by atoms with E-state index in [2.05, 4.69) is 37.2 Å². The molecule has 1 aromatic carbocycles. The molecule has 0 atom stereocenters. The number of ether oxygens (including phenoxy) is 2. The molecule has 120 valence electrons. The Balaban J connectivity index is 2.62. The lowest BCUT2D eigenvalue weighted by molar-refractivity contribution is 0.199. The van der Waals surface area contributed by atoms with Crippen LogP contribution in [0.2, 0.25) is 0 Å². The number of rotatable bonds is 9. The first kappa shape index (κ1) is 18.9. The molecular weight excluding hydrogens is 426 g/mol. The van der Waals surface area contributed by atoms with E-state index in [0.29, 0.717) is 18.9 Å². The second kappa shape index (κ2) is 9.09. The molecular formula is C13H19Br2NO4S. The number of hydrogen-bond donors (Lipinski definition) is 1. The molecule has 1 aromatic rings. The van der Waals surface area contributed by atoms with E-state index in [0.717, 1.165) is 21.1 Å². The Morgan fingerprint density at radius 2 is 1.81 bits per heavy atom. The molecule has 1 rings (SSSR count). The van der Waals surface area contributed by atoms with Crippen molar-refractivity contribution < 1.29 is 17.9 Å². The average molecular weight is 445 g/mol. The third kappa shape index (κ3) is 7.60. The summed E-state index contributed by atoms with van der Waals surface area (Å²) in [5.74, 6) is 0.603. The Labute approximate surface area is 142 Å². The van der Waals surface area contributed by atoms with Crippen molar-refractivity contribution in [2.24, 2.45) is 0 Å². The maximum absolute atomic E-state index is 11.1. The molecule has 0 bridgehead atoms. The minimum Gasteiger partial charge on any atom is -0.490 e. The van der Waals surface area contributed by atoms with Gasteiger partial charge in [0.25, 0.3) is 0 Å². The van der Waals surface area contributed by atoms with Crippen LogP contribution in [-0.2, 0) is 21.1 Å². The van der Waals surface area contributed by atoms with Crippen LogP contribution in [0.25, 0.3) is 0 Å². The fourth-order valence-corrected chi connectivity index (χ4v) is 3.45. The normalized spacial score (nSPS) is 11.6. The van der Waals surface area contributed by atoms with E-state index in [9.17, 15) is 8.42 Å².